The molecule has 2 aromatic rings. The first-order valence-electron chi connectivity index (χ1n) is 4.53. The summed E-state index contributed by atoms with van der Waals surface area (Å²) in [6.45, 7) is 0. The van der Waals surface area contributed by atoms with Crippen molar-refractivity contribution in [1.29, 1.82) is 0 Å². The fraction of sp³-hybridized carbons (Fsp3) is 0.250. The molecule has 0 saturated carbocycles. The van der Waals surface area contributed by atoms with Crippen LogP contribution in [0.2, 0.25) is 0 Å². The van der Waals surface area contributed by atoms with E-state index in [1.165, 1.54) is 12.3 Å². The molecule has 0 aromatic carbocycles. The van der Waals surface area contributed by atoms with Crippen LogP contribution < -0.4 is 5.76 Å². The van der Waals surface area contributed by atoms with Crippen LogP contribution in [0.1, 0.15) is 0 Å². The lowest BCUT2D eigenvalue weighted by Crippen LogP contribution is -2.11. The molecular weight excluding hydrogens is 273 g/mol. The number of hydrogen-bond acceptors (Lipinski definition) is 6. The van der Waals surface area contributed by atoms with E-state index in [1.807, 2.05) is 0 Å². The number of alkyl halides is 3. The molecule has 96 valence electrons. The second kappa shape index (κ2) is 4.80. The maximum atomic E-state index is 12.0. The summed E-state index contributed by atoms with van der Waals surface area (Å²) in [5, 5.41) is 3.31. The highest BCUT2D eigenvalue weighted by Crippen LogP contribution is 2.25. The summed E-state index contributed by atoms with van der Waals surface area (Å²) in [6.07, 6.45) is -3.03. The Labute approximate surface area is 102 Å². The minimum Gasteiger partial charge on any atom is -0.296 e. The van der Waals surface area contributed by atoms with Crippen molar-refractivity contribution in [2.24, 2.45) is 0 Å². The summed E-state index contributed by atoms with van der Waals surface area (Å²) < 4.78 is 40.3. The second-order valence-electron chi connectivity index (χ2n) is 3.07. The summed E-state index contributed by atoms with van der Waals surface area (Å²) in [5.41, 5.74) is 0.181. The molecule has 6 nitrogen and oxygen atoms in total. The summed E-state index contributed by atoms with van der Waals surface area (Å²) >= 11 is 0.445. The summed E-state index contributed by atoms with van der Waals surface area (Å²) in [6, 6.07) is 1.39. The minimum atomic E-state index is -4.30. The molecule has 0 aliphatic rings. The van der Waals surface area contributed by atoms with Crippen LogP contribution in [-0.4, -0.2) is 32.0 Å². The number of nitrogens with one attached hydrogen (secondary N) is 1. The van der Waals surface area contributed by atoms with Crippen molar-refractivity contribution in [3.05, 3.63) is 22.8 Å². The van der Waals surface area contributed by atoms with Gasteiger partial charge in [-0.05, 0) is 6.07 Å². The molecule has 0 saturated heterocycles. The predicted octanol–water partition coefficient (Wildman–Crippen LogP) is 1.47. The normalized spacial score (nSPS) is 11.7. The lowest BCUT2D eigenvalue weighted by Gasteiger charge is -2.04. The van der Waals surface area contributed by atoms with Crippen molar-refractivity contribution < 1.29 is 17.7 Å². The molecule has 18 heavy (non-hydrogen) atoms. The number of thioether (sulfide) groups is 1. The van der Waals surface area contributed by atoms with E-state index in [1.54, 1.807) is 0 Å². The first kappa shape index (κ1) is 12.6. The van der Waals surface area contributed by atoms with Gasteiger partial charge in [0.15, 0.2) is 5.16 Å². The van der Waals surface area contributed by atoms with Crippen LogP contribution in [0.3, 0.4) is 0 Å². The molecule has 2 heterocycles. The number of rotatable bonds is 3. The molecule has 2 aromatic heterocycles. The standard InChI is InChI=1S/C8H5F3N4O2S/c9-8(10,11)3-18-6-12-2-1-4(13-6)5-14-7(16)17-15-5/h1-2H,3H2,(H,14,15,16). The summed E-state index contributed by atoms with van der Waals surface area (Å²) in [4.78, 5) is 20.5. The Morgan fingerprint density at radius 3 is 2.83 bits per heavy atom. The highest BCUT2D eigenvalue weighted by atomic mass is 32.2. The van der Waals surface area contributed by atoms with Crippen molar-refractivity contribution in [3.8, 4) is 11.5 Å². The fourth-order valence-corrected chi connectivity index (χ4v) is 1.62. The molecule has 2 rings (SSSR count). The van der Waals surface area contributed by atoms with Crippen molar-refractivity contribution in [2.75, 3.05) is 5.75 Å². The lowest BCUT2D eigenvalue weighted by atomic mass is 10.4. The van der Waals surface area contributed by atoms with Gasteiger partial charge in [0, 0.05) is 6.20 Å². The van der Waals surface area contributed by atoms with E-state index in [4.69, 9.17) is 0 Å². The second-order valence-corrected chi connectivity index (χ2v) is 4.01. The van der Waals surface area contributed by atoms with E-state index in [-0.39, 0.29) is 16.7 Å². The molecule has 0 aliphatic heterocycles. The smallest absolute Gasteiger partial charge is 0.296 e. The molecule has 0 atom stereocenters. The number of hydrogen-bond donors (Lipinski definition) is 1. The molecule has 0 spiro atoms. The largest absolute Gasteiger partial charge is 0.439 e. The zero-order valence-corrected chi connectivity index (χ0v) is 9.38. The van der Waals surface area contributed by atoms with Crippen molar-refractivity contribution in [2.45, 2.75) is 11.3 Å². The van der Waals surface area contributed by atoms with Crippen molar-refractivity contribution in [1.82, 2.24) is 20.1 Å². The van der Waals surface area contributed by atoms with Crippen LogP contribution >= 0.6 is 11.8 Å². The number of aromatic nitrogens is 4. The predicted molar refractivity (Wildman–Crippen MR) is 54.9 cm³/mol. The van der Waals surface area contributed by atoms with Gasteiger partial charge in [-0.1, -0.05) is 16.9 Å². The number of H-pyrrole nitrogens is 1. The zero-order chi connectivity index (χ0) is 13.2. The van der Waals surface area contributed by atoms with Crippen LogP contribution in [-0.2, 0) is 0 Å². The van der Waals surface area contributed by atoms with Crippen molar-refractivity contribution in [3.63, 3.8) is 0 Å². The van der Waals surface area contributed by atoms with E-state index in [9.17, 15) is 18.0 Å². The third kappa shape index (κ3) is 3.32. The van der Waals surface area contributed by atoms with Gasteiger partial charge in [-0.3, -0.25) is 9.51 Å². The van der Waals surface area contributed by atoms with Gasteiger partial charge in [0.1, 0.15) is 5.69 Å². The van der Waals surface area contributed by atoms with Crippen molar-refractivity contribution >= 4 is 11.8 Å². The molecule has 0 amide bonds. The van der Waals surface area contributed by atoms with Gasteiger partial charge in [-0.25, -0.2) is 14.8 Å². The third-order valence-corrected chi connectivity index (χ3v) is 2.61. The van der Waals surface area contributed by atoms with Crippen LogP contribution in [0.4, 0.5) is 13.2 Å². The Morgan fingerprint density at radius 2 is 2.22 bits per heavy atom. The molecular formula is C8H5F3N4O2S. The molecule has 10 heteroatoms. The summed E-state index contributed by atoms with van der Waals surface area (Å²) in [7, 11) is 0. The van der Waals surface area contributed by atoms with Crippen LogP contribution in [0, 0.1) is 0 Å². The zero-order valence-electron chi connectivity index (χ0n) is 8.56. The minimum absolute atomic E-state index is 0.0382. The Balaban J connectivity index is 2.18. The van der Waals surface area contributed by atoms with Gasteiger partial charge < -0.3 is 0 Å². The molecule has 1 N–H and O–H groups in total. The maximum absolute atomic E-state index is 12.0. The Hall–Kier alpha value is -1.84. The monoisotopic (exact) mass is 278 g/mol. The van der Waals surface area contributed by atoms with E-state index >= 15 is 0 Å². The van der Waals surface area contributed by atoms with Crippen LogP contribution in [0.5, 0.6) is 0 Å². The first-order chi connectivity index (χ1) is 8.44. The SMILES string of the molecule is O=c1[nH]c(-c2ccnc(SCC(F)(F)F)n2)no1. The number of halogens is 3. The van der Waals surface area contributed by atoms with Crippen LogP contribution in [0.25, 0.3) is 11.5 Å². The highest BCUT2D eigenvalue weighted by molar-refractivity contribution is 7.99. The van der Waals surface area contributed by atoms with Crippen LogP contribution in [0.15, 0.2) is 26.7 Å². The number of aromatic amines is 1. The van der Waals surface area contributed by atoms with E-state index < -0.39 is 17.7 Å². The third-order valence-electron chi connectivity index (χ3n) is 1.68. The quantitative estimate of drug-likeness (QED) is 0.676. The average molecular weight is 278 g/mol. The maximum Gasteiger partial charge on any atom is 0.439 e. The van der Waals surface area contributed by atoms with E-state index in [0.29, 0.717) is 11.8 Å². The Kier molecular flexibility index (Phi) is 3.36. The van der Waals surface area contributed by atoms with E-state index in [0.717, 1.165) is 0 Å². The van der Waals surface area contributed by atoms with Gasteiger partial charge in [0.2, 0.25) is 5.82 Å². The Bertz CT molecular complexity index is 594. The average Bonchev–Trinajstić information content (AvgIpc) is 2.73. The van der Waals surface area contributed by atoms with E-state index in [2.05, 4.69) is 24.6 Å². The molecule has 0 aliphatic carbocycles. The molecule has 0 radical (unpaired) electrons. The molecule has 0 unspecified atom stereocenters. The number of nitrogens with zero attached hydrogens (tertiary/aromatic N) is 3. The van der Waals surface area contributed by atoms with Gasteiger partial charge in [-0.15, -0.1) is 0 Å². The summed E-state index contributed by atoms with van der Waals surface area (Å²) in [5.74, 6) is -1.82. The first-order valence-corrected chi connectivity index (χ1v) is 5.51. The fourth-order valence-electron chi connectivity index (χ4n) is 1.03. The van der Waals surface area contributed by atoms with Gasteiger partial charge in [0.05, 0.1) is 5.75 Å². The molecule has 0 bridgehead atoms. The highest BCUT2D eigenvalue weighted by Gasteiger charge is 2.28. The topological polar surface area (TPSA) is 84.7 Å². The van der Waals surface area contributed by atoms with Gasteiger partial charge >= 0.3 is 11.9 Å². The Morgan fingerprint density at radius 1 is 1.44 bits per heavy atom. The van der Waals surface area contributed by atoms with Gasteiger partial charge in [-0.2, -0.15) is 13.2 Å². The van der Waals surface area contributed by atoms with Gasteiger partial charge in [0.25, 0.3) is 0 Å². The lowest BCUT2D eigenvalue weighted by molar-refractivity contribution is -0.105. The molecule has 0 fully saturated rings.